The Morgan fingerprint density at radius 3 is 2.25 bits per heavy atom. The van der Waals surface area contributed by atoms with E-state index in [2.05, 4.69) is 31.6 Å². The van der Waals surface area contributed by atoms with E-state index in [0.717, 1.165) is 0 Å². The second-order valence-electron chi connectivity index (χ2n) is 0.478. The summed E-state index contributed by atoms with van der Waals surface area (Å²) in [7, 11) is 2.65. The first-order chi connectivity index (χ1) is 1.91. The average molecular weight is 186 g/mol. The zero-order valence-electron chi connectivity index (χ0n) is 2.37. The van der Waals surface area contributed by atoms with E-state index in [4.69, 9.17) is 0 Å². The van der Waals surface area contributed by atoms with Crippen LogP contribution < -0.4 is 0 Å². The SMILES string of the molecule is PCBI. The fourth-order valence-electron chi connectivity index (χ4n) is 0. The third kappa shape index (κ3) is 3.22. The van der Waals surface area contributed by atoms with Gasteiger partial charge in [-0.15, -0.1) is 9.24 Å². The zero-order valence-corrected chi connectivity index (χ0v) is 5.68. The minimum absolute atomic E-state index is 1.22. The van der Waals surface area contributed by atoms with E-state index in [0.29, 0.717) is 0 Å². The van der Waals surface area contributed by atoms with E-state index >= 15 is 0 Å². The summed E-state index contributed by atoms with van der Waals surface area (Å²) in [5, 5.41) is 1.25. The van der Waals surface area contributed by atoms with Gasteiger partial charge in [-0.2, -0.15) is 22.4 Å². The Hall–Kier alpha value is 1.22. The van der Waals surface area contributed by atoms with Crippen molar-refractivity contribution in [2.45, 2.75) is 0 Å². The molecule has 0 aromatic rings. The lowest BCUT2D eigenvalue weighted by Gasteiger charge is -1.61. The van der Waals surface area contributed by atoms with Crippen LogP contribution in [0, 0.1) is 0 Å². The summed E-state index contributed by atoms with van der Waals surface area (Å²) in [4.78, 5) is 0. The second-order valence-corrected chi connectivity index (χ2v) is 2.13. The van der Waals surface area contributed by atoms with Crippen molar-refractivity contribution in [1.82, 2.24) is 0 Å². The summed E-state index contributed by atoms with van der Waals surface area (Å²) in [6.45, 7) is 0. The highest BCUT2D eigenvalue weighted by molar-refractivity contribution is 14.1. The van der Waals surface area contributed by atoms with Crippen LogP contribution in [0.3, 0.4) is 0 Å². The second kappa shape index (κ2) is 4.22. The molecule has 0 aliphatic heterocycles. The lowest BCUT2D eigenvalue weighted by molar-refractivity contribution is 2.25. The lowest BCUT2D eigenvalue weighted by atomic mass is 10.2. The topological polar surface area (TPSA) is 0 Å². The molecule has 0 bridgehead atoms. The average Bonchev–Trinajstić information content (AvgIpc) is 1.37. The van der Waals surface area contributed by atoms with Crippen molar-refractivity contribution in [1.29, 1.82) is 0 Å². The largest absolute Gasteiger partial charge is 0.203 e. The first-order valence-electron chi connectivity index (χ1n) is 1.18. The Morgan fingerprint density at radius 2 is 2.25 bits per heavy atom. The van der Waals surface area contributed by atoms with Gasteiger partial charge in [0.25, 0.3) is 0 Å². The van der Waals surface area contributed by atoms with E-state index in [1.807, 2.05) is 0 Å². The molecule has 1 atom stereocenters. The van der Waals surface area contributed by atoms with Crippen LogP contribution in [-0.2, 0) is 0 Å². The van der Waals surface area contributed by atoms with E-state index in [9.17, 15) is 0 Å². The Labute approximate surface area is 43.1 Å². The molecular weight excluding hydrogens is 181 g/mol. The molecule has 3 heteroatoms. The monoisotopic (exact) mass is 186 g/mol. The Morgan fingerprint density at radius 1 is 2.00 bits per heavy atom. The normalized spacial score (nSPS) is 6.50. The number of halogens is 1. The summed E-state index contributed by atoms with van der Waals surface area (Å²) < 4.78 is 0. The minimum Gasteiger partial charge on any atom is -0.155 e. The first-order valence-corrected chi connectivity index (χ1v) is 3.52. The summed E-state index contributed by atoms with van der Waals surface area (Å²) in [5.74, 6) is 0. The van der Waals surface area contributed by atoms with Gasteiger partial charge in [-0.1, -0.05) is 6.06 Å². The maximum absolute atomic E-state index is 2.65. The third-order valence-electron chi connectivity index (χ3n) is 0.109. The number of rotatable bonds is 1. The van der Waals surface area contributed by atoms with Crippen LogP contribution in [0.5, 0.6) is 0 Å². The van der Waals surface area contributed by atoms with Gasteiger partial charge < -0.3 is 0 Å². The molecule has 24 valence electrons. The van der Waals surface area contributed by atoms with Gasteiger partial charge in [0.2, 0.25) is 5.14 Å². The highest BCUT2D eigenvalue weighted by atomic mass is 127. The molecule has 1 unspecified atom stereocenters. The zero-order chi connectivity index (χ0) is 3.41. The van der Waals surface area contributed by atoms with Crippen LogP contribution in [0.1, 0.15) is 0 Å². The smallest absolute Gasteiger partial charge is 0.155 e. The molecule has 0 N–H and O–H groups in total. The summed E-state index contributed by atoms with van der Waals surface area (Å²) in [6.07, 6.45) is 0. The molecular formula is CH5BIP. The molecule has 0 saturated heterocycles. The predicted octanol–water partition coefficient (Wildman–Crippen LogP) is 0.605. The van der Waals surface area contributed by atoms with Crippen LogP contribution in [0.4, 0.5) is 0 Å². The molecule has 0 nitrogen and oxygen atoms in total. The van der Waals surface area contributed by atoms with Gasteiger partial charge in [-0.3, -0.25) is 0 Å². The van der Waals surface area contributed by atoms with Gasteiger partial charge in [0.1, 0.15) is 0 Å². The van der Waals surface area contributed by atoms with Crippen molar-refractivity contribution >= 4 is 36.8 Å². The molecule has 0 heterocycles. The molecule has 0 aliphatic carbocycles. The van der Waals surface area contributed by atoms with Crippen LogP contribution in [0.25, 0.3) is 0 Å². The fourth-order valence-corrected chi connectivity index (χ4v) is 0. The van der Waals surface area contributed by atoms with E-state index in [1.165, 1.54) is 11.2 Å². The fraction of sp³-hybridized carbons (Fsp3) is 1.00. The molecule has 0 rings (SSSR count). The van der Waals surface area contributed by atoms with Gasteiger partial charge in [0, 0.05) is 0 Å². The highest BCUT2D eigenvalue weighted by Gasteiger charge is 1.64. The van der Waals surface area contributed by atoms with Crippen molar-refractivity contribution in [3.8, 4) is 0 Å². The van der Waals surface area contributed by atoms with Gasteiger partial charge >= 0.3 is 0 Å². The van der Waals surface area contributed by atoms with Crippen LogP contribution in [0.2, 0.25) is 0 Å². The van der Waals surface area contributed by atoms with Gasteiger partial charge in [-0.05, 0) is 0 Å². The van der Waals surface area contributed by atoms with E-state index in [1.54, 1.807) is 0 Å². The van der Waals surface area contributed by atoms with Crippen molar-refractivity contribution in [3.05, 3.63) is 0 Å². The summed E-state index contributed by atoms with van der Waals surface area (Å²) in [6, 6.07) is 1.22. The van der Waals surface area contributed by atoms with Crippen LogP contribution in [-0.4, -0.2) is 11.2 Å². The molecule has 0 radical (unpaired) electrons. The molecule has 0 spiro atoms. The molecule has 0 aromatic heterocycles. The maximum Gasteiger partial charge on any atom is 0.203 e. The molecule has 0 amide bonds. The molecule has 0 aromatic carbocycles. The Kier molecular flexibility index (Phi) is 5.52. The third-order valence-corrected chi connectivity index (χ3v) is 2.20. The Balaban J connectivity index is 1.97. The molecule has 0 fully saturated rings. The Bertz CT molecular complexity index is 10.0. The molecule has 0 saturated carbocycles. The summed E-state index contributed by atoms with van der Waals surface area (Å²) >= 11 is 2.33. The van der Waals surface area contributed by atoms with Gasteiger partial charge in [0.15, 0.2) is 0 Å². The minimum atomic E-state index is 1.22. The van der Waals surface area contributed by atoms with Crippen molar-refractivity contribution in [2.75, 3.05) is 6.06 Å². The number of hydrogen-bond acceptors (Lipinski definition) is 0. The number of hydrogen-bond donors (Lipinski definition) is 0. The van der Waals surface area contributed by atoms with Gasteiger partial charge in [-0.25, -0.2) is 0 Å². The standard InChI is InChI=1S/CH5BIP/c3-2-1-4/h2H,1,4H2. The maximum atomic E-state index is 2.65. The first kappa shape index (κ1) is 5.22. The van der Waals surface area contributed by atoms with E-state index < -0.39 is 0 Å². The quantitative estimate of drug-likeness (QED) is 0.319. The summed E-state index contributed by atoms with van der Waals surface area (Å²) in [5.41, 5.74) is 0. The van der Waals surface area contributed by atoms with Gasteiger partial charge in [0.05, 0.1) is 0 Å². The van der Waals surface area contributed by atoms with E-state index in [-0.39, 0.29) is 0 Å². The van der Waals surface area contributed by atoms with Crippen LogP contribution >= 0.6 is 31.6 Å². The molecule has 0 aliphatic rings. The lowest BCUT2D eigenvalue weighted by Crippen LogP contribution is -1.69. The van der Waals surface area contributed by atoms with Crippen LogP contribution in [0.15, 0.2) is 0 Å². The highest BCUT2D eigenvalue weighted by Crippen LogP contribution is 1.80. The van der Waals surface area contributed by atoms with Crippen molar-refractivity contribution in [2.24, 2.45) is 0 Å². The van der Waals surface area contributed by atoms with Crippen molar-refractivity contribution < 1.29 is 0 Å². The predicted molar refractivity (Wildman–Crippen MR) is 35.7 cm³/mol. The van der Waals surface area contributed by atoms with Crippen molar-refractivity contribution in [3.63, 3.8) is 0 Å². The molecule has 4 heavy (non-hydrogen) atoms.